The molecular formula is C12H12N2O3S. The molecule has 1 aromatic heterocycles. The van der Waals surface area contributed by atoms with E-state index in [0.29, 0.717) is 16.9 Å². The predicted octanol–water partition coefficient (Wildman–Crippen LogP) is 2.97. The summed E-state index contributed by atoms with van der Waals surface area (Å²) in [7, 11) is 0. The molecule has 0 amide bonds. The number of ether oxygens (including phenoxy) is 2. The zero-order valence-electron chi connectivity index (χ0n) is 9.88. The van der Waals surface area contributed by atoms with Crippen molar-refractivity contribution < 1.29 is 13.9 Å². The number of rotatable bonds is 4. The lowest BCUT2D eigenvalue weighted by atomic mass is 10.2. The Bertz CT molecular complexity index is 556. The first-order valence-electron chi connectivity index (χ1n) is 5.73. The number of aromatic nitrogens is 2. The van der Waals surface area contributed by atoms with Crippen LogP contribution >= 0.6 is 11.8 Å². The van der Waals surface area contributed by atoms with Crippen LogP contribution in [0.3, 0.4) is 0 Å². The van der Waals surface area contributed by atoms with Crippen LogP contribution in [0, 0.1) is 0 Å². The molecule has 0 fully saturated rings. The van der Waals surface area contributed by atoms with Crippen LogP contribution in [-0.2, 0) is 0 Å². The fourth-order valence-electron chi connectivity index (χ4n) is 1.60. The lowest BCUT2D eigenvalue weighted by molar-refractivity contribution is 0.174. The maximum atomic E-state index is 5.58. The Morgan fingerprint density at radius 3 is 3.00 bits per heavy atom. The van der Waals surface area contributed by atoms with Gasteiger partial charge in [-0.25, -0.2) is 0 Å². The topological polar surface area (TPSA) is 57.4 Å². The van der Waals surface area contributed by atoms with Crippen LogP contribution in [0.25, 0.3) is 11.5 Å². The number of thioether (sulfide) groups is 1. The molecule has 1 aliphatic rings. The summed E-state index contributed by atoms with van der Waals surface area (Å²) in [4.78, 5) is 0. The average molecular weight is 264 g/mol. The smallest absolute Gasteiger partial charge is 0.276 e. The van der Waals surface area contributed by atoms with Crippen LogP contribution in [0.5, 0.6) is 11.5 Å². The Labute approximate surface area is 108 Å². The minimum Gasteiger partial charge on any atom is -0.454 e. The first-order valence-corrected chi connectivity index (χ1v) is 6.71. The second kappa shape index (κ2) is 4.89. The average Bonchev–Trinajstić information content (AvgIpc) is 3.04. The fourth-order valence-corrected chi connectivity index (χ4v) is 2.22. The van der Waals surface area contributed by atoms with Crippen LogP contribution < -0.4 is 9.47 Å². The molecular weight excluding hydrogens is 252 g/mol. The van der Waals surface area contributed by atoms with E-state index in [-0.39, 0.29) is 6.79 Å². The molecule has 0 radical (unpaired) electrons. The molecule has 6 heteroatoms. The zero-order valence-corrected chi connectivity index (χ0v) is 10.7. The van der Waals surface area contributed by atoms with Gasteiger partial charge < -0.3 is 13.9 Å². The van der Waals surface area contributed by atoms with Crippen LogP contribution in [0.15, 0.2) is 27.8 Å². The van der Waals surface area contributed by atoms with Gasteiger partial charge in [0, 0.05) is 11.3 Å². The van der Waals surface area contributed by atoms with Gasteiger partial charge in [0.1, 0.15) is 0 Å². The summed E-state index contributed by atoms with van der Waals surface area (Å²) in [6.07, 6.45) is 1.08. The molecule has 0 atom stereocenters. The molecule has 0 aliphatic carbocycles. The molecule has 0 saturated carbocycles. The van der Waals surface area contributed by atoms with E-state index in [9.17, 15) is 0 Å². The first kappa shape index (κ1) is 11.4. The Balaban J connectivity index is 1.83. The van der Waals surface area contributed by atoms with Crippen molar-refractivity contribution in [1.29, 1.82) is 0 Å². The quantitative estimate of drug-likeness (QED) is 0.791. The minimum absolute atomic E-state index is 0.264. The minimum atomic E-state index is 0.264. The number of benzene rings is 1. The van der Waals surface area contributed by atoms with Gasteiger partial charge in [0.25, 0.3) is 5.22 Å². The highest BCUT2D eigenvalue weighted by atomic mass is 32.2. The van der Waals surface area contributed by atoms with Crippen LogP contribution in [0.4, 0.5) is 0 Å². The number of nitrogens with zero attached hydrogens (tertiary/aromatic N) is 2. The number of fused-ring (bicyclic) bond motifs is 1. The summed E-state index contributed by atoms with van der Waals surface area (Å²) in [5.74, 6) is 2.95. The third-order valence-electron chi connectivity index (χ3n) is 2.46. The van der Waals surface area contributed by atoms with E-state index in [1.165, 1.54) is 0 Å². The Morgan fingerprint density at radius 1 is 1.22 bits per heavy atom. The largest absolute Gasteiger partial charge is 0.454 e. The summed E-state index contributed by atoms with van der Waals surface area (Å²) < 4.78 is 16.1. The van der Waals surface area contributed by atoms with Crippen molar-refractivity contribution in [3.05, 3.63) is 18.2 Å². The zero-order chi connectivity index (χ0) is 12.4. The maximum absolute atomic E-state index is 5.58. The lowest BCUT2D eigenvalue weighted by Crippen LogP contribution is -1.92. The van der Waals surface area contributed by atoms with Gasteiger partial charge in [-0.2, -0.15) is 0 Å². The normalized spacial score (nSPS) is 12.9. The lowest BCUT2D eigenvalue weighted by Gasteiger charge is -1.97. The van der Waals surface area contributed by atoms with Crippen molar-refractivity contribution in [2.24, 2.45) is 0 Å². The van der Waals surface area contributed by atoms with E-state index >= 15 is 0 Å². The van der Waals surface area contributed by atoms with E-state index in [4.69, 9.17) is 13.9 Å². The third-order valence-corrected chi connectivity index (χ3v) is 3.48. The molecule has 2 aromatic rings. The van der Waals surface area contributed by atoms with E-state index < -0.39 is 0 Å². The third kappa shape index (κ3) is 2.15. The summed E-state index contributed by atoms with van der Waals surface area (Å²) in [5.41, 5.74) is 0.843. The highest BCUT2D eigenvalue weighted by Gasteiger charge is 2.16. The number of hydrogen-bond donors (Lipinski definition) is 0. The van der Waals surface area contributed by atoms with Gasteiger partial charge in [0.2, 0.25) is 12.7 Å². The number of hydrogen-bond acceptors (Lipinski definition) is 6. The maximum Gasteiger partial charge on any atom is 0.276 e. The van der Waals surface area contributed by atoms with Gasteiger partial charge in [0.05, 0.1) is 0 Å². The molecule has 1 aliphatic heterocycles. The molecule has 3 rings (SSSR count). The molecule has 0 N–H and O–H groups in total. The fraction of sp³-hybridized carbons (Fsp3) is 0.333. The van der Waals surface area contributed by atoms with Crippen molar-refractivity contribution in [2.75, 3.05) is 12.5 Å². The standard InChI is InChI=1S/C12H12N2O3S/c1-2-5-18-12-14-13-11(17-12)8-3-4-9-10(6-8)16-7-15-9/h3-4,6H,2,5,7H2,1H3. The second-order valence-corrected chi connectivity index (χ2v) is 4.84. The Morgan fingerprint density at radius 2 is 2.11 bits per heavy atom. The summed E-state index contributed by atoms with van der Waals surface area (Å²) in [5, 5.41) is 8.63. The molecule has 0 unspecified atom stereocenters. The summed E-state index contributed by atoms with van der Waals surface area (Å²) in [6, 6.07) is 5.58. The van der Waals surface area contributed by atoms with Crippen molar-refractivity contribution >= 4 is 11.8 Å². The SMILES string of the molecule is CCCSc1nnc(-c2ccc3c(c2)OCO3)o1. The molecule has 94 valence electrons. The molecule has 2 heterocycles. The van der Waals surface area contributed by atoms with Gasteiger partial charge in [-0.15, -0.1) is 10.2 Å². The highest BCUT2D eigenvalue weighted by Crippen LogP contribution is 2.35. The van der Waals surface area contributed by atoms with Crippen LogP contribution in [0.2, 0.25) is 0 Å². The van der Waals surface area contributed by atoms with Crippen molar-refractivity contribution in [3.63, 3.8) is 0 Å². The van der Waals surface area contributed by atoms with Crippen LogP contribution in [-0.4, -0.2) is 22.7 Å². The second-order valence-electron chi connectivity index (χ2n) is 3.79. The molecule has 1 aromatic carbocycles. The predicted molar refractivity (Wildman–Crippen MR) is 66.9 cm³/mol. The van der Waals surface area contributed by atoms with Gasteiger partial charge in [-0.05, 0) is 24.6 Å². The Hall–Kier alpha value is -1.69. The summed E-state index contributed by atoms with van der Waals surface area (Å²) >= 11 is 1.57. The van der Waals surface area contributed by atoms with E-state index in [0.717, 1.165) is 23.5 Å². The molecule has 0 saturated heterocycles. The summed E-state index contributed by atoms with van der Waals surface area (Å²) in [6.45, 7) is 2.38. The van der Waals surface area contributed by atoms with E-state index in [1.54, 1.807) is 11.8 Å². The van der Waals surface area contributed by atoms with Crippen molar-refractivity contribution in [2.45, 2.75) is 18.6 Å². The van der Waals surface area contributed by atoms with Gasteiger partial charge in [-0.1, -0.05) is 18.7 Å². The van der Waals surface area contributed by atoms with E-state index in [1.807, 2.05) is 18.2 Å². The van der Waals surface area contributed by atoms with Gasteiger partial charge in [-0.3, -0.25) is 0 Å². The van der Waals surface area contributed by atoms with Gasteiger partial charge >= 0.3 is 0 Å². The van der Waals surface area contributed by atoms with Crippen molar-refractivity contribution in [3.8, 4) is 23.0 Å². The molecule has 0 bridgehead atoms. The van der Waals surface area contributed by atoms with E-state index in [2.05, 4.69) is 17.1 Å². The molecule has 18 heavy (non-hydrogen) atoms. The van der Waals surface area contributed by atoms with Gasteiger partial charge in [0.15, 0.2) is 11.5 Å². The monoisotopic (exact) mass is 264 g/mol. The van der Waals surface area contributed by atoms with Crippen molar-refractivity contribution in [1.82, 2.24) is 10.2 Å². The first-order chi connectivity index (χ1) is 8.86. The highest BCUT2D eigenvalue weighted by molar-refractivity contribution is 7.99. The molecule has 0 spiro atoms. The van der Waals surface area contributed by atoms with Crippen LogP contribution in [0.1, 0.15) is 13.3 Å². The Kier molecular flexibility index (Phi) is 3.10. The molecule has 5 nitrogen and oxygen atoms in total.